The van der Waals surface area contributed by atoms with Crippen LogP contribution in [0.3, 0.4) is 0 Å². The lowest BCUT2D eigenvalue weighted by Gasteiger charge is -2.43. The Labute approximate surface area is 74.9 Å². The molecule has 1 N–H and O–H groups in total. The van der Waals surface area contributed by atoms with Crippen molar-refractivity contribution < 1.29 is 5.11 Å². The summed E-state index contributed by atoms with van der Waals surface area (Å²) in [6.07, 6.45) is 3.60. The van der Waals surface area contributed by atoms with E-state index in [2.05, 4.69) is 25.3 Å². The highest BCUT2D eigenvalue weighted by Crippen LogP contribution is 2.26. The van der Waals surface area contributed by atoms with Crippen LogP contribution in [-0.4, -0.2) is 34.7 Å². The van der Waals surface area contributed by atoms with Gasteiger partial charge in [0.25, 0.3) is 0 Å². The summed E-state index contributed by atoms with van der Waals surface area (Å²) in [5.41, 5.74) is 0.131. The summed E-state index contributed by atoms with van der Waals surface area (Å²) >= 11 is 0. The molecule has 1 heterocycles. The second kappa shape index (κ2) is 3.58. The largest absolute Gasteiger partial charge is 0.393 e. The third-order valence-electron chi connectivity index (χ3n) is 2.67. The first kappa shape index (κ1) is 9.75. The van der Waals surface area contributed by atoms with E-state index in [-0.39, 0.29) is 11.6 Å². The van der Waals surface area contributed by atoms with Gasteiger partial charge in [0.05, 0.1) is 6.10 Å². The normalized spacial score (nSPS) is 30.1. The Morgan fingerprint density at radius 2 is 2.33 bits per heavy atom. The quantitative estimate of drug-likeness (QED) is 0.632. The molecule has 1 aliphatic rings. The second-order valence-electron chi connectivity index (χ2n) is 4.19. The van der Waals surface area contributed by atoms with Gasteiger partial charge >= 0.3 is 0 Å². The van der Waals surface area contributed by atoms with Crippen LogP contribution in [0.25, 0.3) is 0 Å². The smallest absolute Gasteiger partial charge is 0.0569 e. The minimum Gasteiger partial charge on any atom is -0.393 e. The Morgan fingerprint density at radius 3 is 2.83 bits per heavy atom. The maximum Gasteiger partial charge on any atom is 0.0569 e. The van der Waals surface area contributed by atoms with Crippen molar-refractivity contribution in [2.24, 2.45) is 0 Å². The Bertz CT molecular complexity index is 165. The number of rotatable bonds is 2. The van der Waals surface area contributed by atoms with E-state index in [0.717, 1.165) is 25.9 Å². The van der Waals surface area contributed by atoms with E-state index >= 15 is 0 Å². The molecule has 1 aliphatic heterocycles. The number of likely N-dealkylation sites (tertiary alicyclic amines) is 1. The molecular weight excluding hydrogens is 150 g/mol. The lowest BCUT2D eigenvalue weighted by molar-refractivity contribution is 0.00465. The van der Waals surface area contributed by atoms with Crippen molar-refractivity contribution in [3.63, 3.8) is 0 Å². The van der Waals surface area contributed by atoms with Gasteiger partial charge in [0, 0.05) is 18.6 Å². The number of aliphatic hydroxyl groups excluding tert-OH is 1. The average Bonchev–Trinajstić information content (AvgIpc) is 1.94. The Hall–Kier alpha value is -0.340. The van der Waals surface area contributed by atoms with Gasteiger partial charge in [-0.1, -0.05) is 6.08 Å². The molecule has 0 saturated carbocycles. The zero-order valence-corrected chi connectivity index (χ0v) is 8.08. The molecule has 1 atom stereocenters. The lowest BCUT2D eigenvalue weighted by atomic mass is 9.88. The first-order valence-corrected chi connectivity index (χ1v) is 4.60. The van der Waals surface area contributed by atoms with Crippen LogP contribution in [0.4, 0.5) is 0 Å². The Balaban J connectivity index is 2.57. The molecule has 1 rings (SSSR count). The summed E-state index contributed by atoms with van der Waals surface area (Å²) < 4.78 is 0. The van der Waals surface area contributed by atoms with Crippen LogP contribution in [-0.2, 0) is 0 Å². The molecule has 0 spiro atoms. The van der Waals surface area contributed by atoms with Gasteiger partial charge in [-0.15, -0.1) is 6.58 Å². The van der Waals surface area contributed by atoms with Gasteiger partial charge in [-0.05, 0) is 26.7 Å². The zero-order chi connectivity index (χ0) is 9.19. The maximum atomic E-state index is 9.48. The third kappa shape index (κ3) is 2.08. The number of hydrogen-bond acceptors (Lipinski definition) is 2. The van der Waals surface area contributed by atoms with E-state index in [0.29, 0.717) is 0 Å². The van der Waals surface area contributed by atoms with Crippen LogP contribution in [0.5, 0.6) is 0 Å². The first-order chi connectivity index (χ1) is 5.56. The Morgan fingerprint density at radius 1 is 1.67 bits per heavy atom. The minimum absolute atomic E-state index is 0.110. The molecule has 12 heavy (non-hydrogen) atoms. The first-order valence-electron chi connectivity index (χ1n) is 4.60. The van der Waals surface area contributed by atoms with Crippen LogP contribution in [0.15, 0.2) is 12.7 Å². The fourth-order valence-corrected chi connectivity index (χ4v) is 1.91. The van der Waals surface area contributed by atoms with E-state index in [1.54, 1.807) is 0 Å². The van der Waals surface area contributed by atoms with Crippen molar-refractivity contribution >= 4 is 0 Å². The summed E-state index contributed by atoms with van der Waals surface area (Å²) in [4.78, 5) is 2.37. The van der Waals surface area contributed by atoms with Gasteiger partial charge in [0.1, 0.15) is 0 Å². The van der Waals surface area contributed by atoms with E-state index in [9.17, 15) is 5.11 Å². The minimum atomic E-state index is -0.110. The van der Waals surface area contributed by atoms with Crippen molar-refractivity contribution in [3.8, 4) is 0 Å². The molecule has 2 heteroatoms. The third-order valence-corrected chi connectivity index (χ3v) is 2.67. The van der Waals surface area contributed by atoms with Crippen molar-refractivity contribution in [3.05, 3.63) is 12.7 Å². The molecule has 1 saturated heterocycles. The SMILES string of the molecule is C=CCN1CCC(O)CC1(C)C. The van der Waals surface area contributed by atoms with Gasteiger partial charge in [-0.25, -0.2) is 0 Å². The molecule has 0 radical (unpaired) electrons. The van der Waals surface area contributed by atoms with Crippen molar-refractivity contribution in [1.29, 1.82) is 0 Å². The van der Waals surface area contributed by atoms with Gasteiger partial charge < -0.3 is 5.11 Å². The Kier molecular flexibility index (Phi) is 2.91. The topological polar surface area (TPSA) is 23.5 Å². The van der Waals surface area contributed by atoms with Crippen LogP contribution >= 0.6 is 0 Å². The standard InChI is InChI=1S/C10H19NO/c1-4-6-11-7-5-9(12)8-10(11,2)3/h4,9,12H,1,5-8H2,2-3H3. The molecule has 0 aliphatic carbocycles. The van der Waals surface area contributed by atoms with Crippen molar-refractivity contribution in [2.75, 3.05) is 13.1 Å². The molecule has 2 nitrogen and oxygen atoms in total. The molecule has 0 amide bonds. The zero-order valence-electron chi connectivity index (χ0n) is 8.08. The maximum absolute atomic E-state index is 9.48. The second-order valence-corrected chi connectivity index (χ2v) is 4.19. The number of hydrogen-bond donors (Lipinski definition) is 1. The summed E-state index contributed by atoms with van der Waals surface area (Å²) in [6, 6.07) is 0. The number of piperidine rings is 1. The molecule has 0 aromatic heterocycles. The van der Waals surface area contributed by atoms with Crippen molar-refractivity contribution in [2.45, 2.75) is 38.3 Å². The van der Waals surface area contributed by atoms with E-state index in [4.69, 9.17) is 0 Å². The summed E-state index contributed by atoms with van der Waals surface area (Å²) in [5, 5.41) is 9.48. The number of nitrogens with zero attached hydrogens (tertiary/aromatic N) is 1. The van der Waals surface area contributed by atoms with Crippen LogP contribution in [0, 0.1) is 0 Å². The van der Waals surface area contributed by atoms with Crippen LogP contribution in [0.2, 0.25) is 0 Å². The van der Waals surface area contributed by atoms with E-state index in [1.807, 2.05) is 6.08 Å². The molecular formula is C10H19NO. The van der Waals surface area contributed by atoms with E-state index < -0.39 is 0 Å². The number of aliphatic hydroxyl groups is 1. The van der Waals surface area contributed by atoms with Crippen LogP contribution < -0.4 is 0 Å². The lowest BCUT2D eigenvalue weighted by Crippen LogP contribution is -2.51. The molecule has 1 unspecified atom stereocenters. The fraction of sp³-hybridized carbons (Fsp3) is 0.800. The highest BCUT2D eigenvalue weighted by molar-refractivity contribution is 4.92. The molecule has 0 bridgehead atoms. The molecule has 70 valence electrons. The average molecular weight is 169 g/mol. The van der Waals surface area contributed by atoms with Gasteiger partial charge in [-0.3, -0.25) is 4.90 Å². The summed E-state index contributed by atoms with van der Waals surface area (Å²) in [5.74, 6) is 0. The predicted molar refractivity (Wildman–Crippen MR) is 51.1 cm³/mol. The van der Waals surface area contributed by atoms with Gasteiger partial charge in [0.2, 0.25) is 0 Å². The fourth-order valence-electron chi connectivity index (χ4n) is 1.91. The molecule has 0 aromatic rings. The van der Waals surface area contributed by atoms with Crippen molar-refractivity contribution in [1.82, 2.24) is 4.90 Å². The van der Waals surface area contributed by atoms with Gasteiger partial charge in [-0.2, -0.15) is 0 Å². The van der Waals surface area contributed by atoms with Crippen LogP contribution in [0.1, 0.15) is 26.7 Å². The summed E-state index contributed by atoms with van der Waals surface area (Å²) in [7, 11) is 0. The predicted octanol–water partition coefficient (Wildman–Crippen LogP) is 1.41. The van der Waals surface area contributed by atoms with E-state index in [1.165, 1.54) is 0 Å². The molecule has 0 aromatic carbocycles. The monoisotopic (exact) mass is 169 g/mol. The molecule has 1 fully saturated rings. The highest BCUT2D eigenvalue weighted by Gasteiger charge is 2.32. The summed E-state index contributed by atoms with van der Waals surface area (Å²) in [6.45, 7) is 10.0. The highest BCUT2D eigenvalue weighted by atomic mass is 16.3. The van der Waals surface area contributed by atoms with Gasteiger partial charge in [0.15, 0.2) is 0 Å².